The Hall–Kier alpha value is -0.590. The summed E-state index contributed by atoms with van der Waals surface area (Å²) in [6, 6.07) is -0.523. The average Bonchev–Trinajstić information content (AvgIpc) is 2.70. The first kappa shape index (κ1) is 27.4. The third-order valence-corrected chi connectivity index (χ3v) is 6.05. The number of amides is 1. The molecule has 0 aliphatic heterocycles. The number of thioether (sulfide) groups is 1. The Morgan fingerprint density at radius 1 is 0.893 bits per heavy atom. The molecule has 0 radical (unpaired) electrons. The van der Waals surface area contributed by atoms with Gasteiger partial charge >= 0.3 is 0 Å². The molecule has 0 aliphatic carbocycles. The molecular weight excluding hydrogens is 374 g/mol. The molecule has 0 bridgehead atoms. The van der Waals surface area contributed by atoms with Gasteiger partial charge in [-0.2, -0.15) is 11.8 Å². The van der Waals surface area contributed by atoms with Crippen LogP contribution in [-0.2, 0) is 9.59 Å². The number of nitrogens with one attached hydrogen (secondary N) is 1. The van der Waals surface area contributed by atoms with Crippen LogP contribution in [0.1, 0.15) is 96.8 Å². The van der Waals surface area contributed by atoms with E-state index in [4.69, 9.17) is 5.11 Å². The summed E-state index contributed by atoms with van der Waals surface area (Å²) < 4.78 is 0. The third-order valence-electron chi connectivity index (χ3n) is 4.84. The number of hydrogen-bond donors (Lipinski definition) is 3. The van der Waals surface area contributed by atoms with Crippen LogP contribution in [0.25, 0.3) is 0 Å². The van der Waals surface area contributed by atoms with Gasteiger partial charge in [0.1, 0.15) is 6.29 Å². The van der Waals surface area contributed by atoms with Gasteiger partial charge in [-0.15, -0.1) is 0 Å². The van der Waals surface area contributed by atoms with E-state index in [1.165, 1.54) is 82.4 Å². The molecule has 166 valence electrons. The van der Waals surface area contributed by atoms with Crippen LogP contribution < -0.4 is 5.32 Å². The zero-order valence-corrected chi connectivity index (χ0v) is 18.7. The van der Waals surface area contributed by atoms with Crippen LogP contribution in [0.5, 0.6) is 0 Å². The lowest BCUT2D eigenvalue weighted by molar-refractivity contribution is -0.123. The minimum Gasteiger partial charge on any atom is -0.394 e. The summed E-state index contributed by atoms with van der Waals surface area (Å²) in [5, 5.41) is 20.7. The van der Waals surface area contributed by atoms with Crippen LogP contribution in [0.2, 0.25) is 0 Å². The van der Waals surface area contributed by atoms with E-state index in [1.807, 2.05) is 0 Å². The molecular formula is C22H43NO4S. The molecule has 0 aliphatic rings. The molecule has 3 N–H and O–H groups in total. The first-order valence-corrected chi connectivity index (χ1v) is 12.4. The van der Waals surface area contributed by atoms with Crippen molar-refractivity contribution in [3.05, 3.63) is 0 Å². The Kier molecular flexibility index (Phi) is 20.7. The average molecular weight is 418 g/mol. The van der Waals surface area contributed by atoms with Crippen LogP contribution in [0.15, 0.2) is 0 Å². The minimum absolute atomic E-state index is 0.0801. The van der Waals surface area contributed by atoms with E-state index in [-0.39, 0.29) is 12.5 Å². The van der Waals surface area contributed by atoms with E-state index in [2.05, 4.69) is 12.2 Å². The summed E-state index contributed by atoms with van der Waals surface area (Å²) in [5.74, 6) is 0.698. The normalized spacial score (nSPS) is 13.2. The van der Waals surface area contributed by atoms with Gasteiger partial charge in [0, 0.05) is 17.9 Å². The standard InChI is InChI=1S/C22H43NO4S/c1-2-3-4-5-6-7-8-9-10-11-12-13-14-15-22(27)23-20(16-24)18-28-19-21(26)17-25/h16,20-21,25-26H,2-15,17-19H2,1H3,(H,23,27)/t20-,21?/m1/s1. The Balaban J connectivity index is 3.45. The van der Waals surface area contributed by atoms with Gasteiger partial charge in [0.25, 0.3) is 0 Å². The topological polar surface area (TPSA) is 86.6 Å². The second-order valence-electron chi connectivity index (χ2n) is 7.68. The summed E-state index contributed by atoms with van der Waals surface area (Å²) in [7, 11) is 0. The highest BCUT2D eigenvalue weighted by Crippen LogP contribution is 2.13. The van der Waals surface area contributed by atoms with Crippen molar-refractivity contribution in [2.24, 2.45) is 0 Å². The number of hydrogen-bond acceptors (Lipinski definition) is 5. The highest BCUT2D eigenvalue weighted by molar-refractivity contribution is 7.99. The maximum atomic E-state index is 11.9. The van der Waals surface area contributed by atoms with Crippen molar-refractivity contribution in [2.75, 3.05) is 18.1 Å². The number of aliphatic hydroxyl groups is 2. The van der Waals surface area contributed by atoms with Gasteiger partial charge in [0.15, 0.2) is 0 Å². The Morgan fingerprint density at radius 3 is 1.86 bits per heavy atom. The van der Waals surface area contributed by atoms with Crippen molar-refractivity contribution in [1.82, 2.24) is 5.32 Å². The zero-order valence-electron chi connectivity index (χ0n) is 17.9. The van der Waals surface area contributed by atoms with E-state index in [1.54, 1.807) is 0 Å². The summed E-state index contributed by atoms with van der Waals surface area (Å²) in [5.41, 5.74) is 0. The highest BCUT2D eigenvalue weighted by Gasteiger charge is 2.12. The van der Waals surface area contributed by atoms with Gasteiger partial charge in [0.05, 0.1) is 18.8 Å². The summed E-state index contributed by atoms with van der Waals surface area (Å²) >= 11 is 1.35. The summed E-state index contributed by atoms with van der Waals surface area (Å²) in [6.07, 6.45) is 17.0. The van der Waals surface area contributed by atoms with Crippen molar-refractivity contribution < 1.29 is 19.8 Å². The first-order valence-electron chi connectivity index (χ1n) is 11.2. The Labute approximate surface area is 176 Å². The first-order chi connectivity index (χ1) is 13.6. The minimum atomic E-state index is -0.779. The van der Waals surface area contributed by atoms with Crippen molar-refractivity contribution in [3.8, 4) is 0 Å². The maximum absolute atomic E-state index is 11.9. The third kappa shape index (κ3) is 18.8. The summed E-state index contributed by atoms with van der Waals surface area (Å²) in [6.45, 7) is 1.97. The quantitative estimate of drug-likeness (QED) is 0.192. The van der Waals surface area contributed by atoms with Crippen LogP contribution in [0.3, 0.4) is 0 Å². The fourth-order valence-corrected chi connectivity index (χ4v) is 4.01. The van der Waals surface area contributed by atoms with Crippen LogP contribution >= 0.6 is 11.8 Å². The molecule has 0 fully saturated rings. The second-order valence-corrected chi connectivity index (χ2v) is 8.75. The highest BCUT2D eigenvalue weighted by atomic mass is 32.2. The molecule has 0 rings (SSSR count). The SMILES string of the molecule is CCCCCCCCCCCCCCCC(=O)N[C@H](C=O)CSCC(O)CO. The zero-order chi connectivity index (χ0) is 20.9. The lowest BCUT2D eigenvalue weighted by Gasteiger charge is -2.13. The fraction of sp³-hybridized carbons (Fsp3) is 0.909. The van der Waals surface area contributed by atoms with Gasteiger partial charge < -0.3 is 20.3 Å². The molecule has 2 atom stereocenters. The molecule has 0 saturated carbocycles. The predicted molar refractivity (Wildman–Crippen MR) is 119 cm³/mol. The van der Waals surface area contributed by atoms with E-state index >= 15 is 0 Å². The number of rotatable bonds is 21. The van der Waals surface area contributed by atoms with Crippen molar-refractivity contribution in [3.63, 3.8) is 0 Å². The van der Waals surface area contributed by atoms with Crippen LogP contribution in [0, 0.1) is 0 Å². The lowest BCUT2D eigenvalue weighted by atomic mass is 10.0. The van der Waals surface area contributed by atoms with Gasteiger partial charge in [-0.1, -0.05) is 84.0 Å². The lowest BCUT2D eigenvalue weighted by Crippen LogP contribution is -2.38. The molecule has 0 aromatic carbocycles. The number of aliphatic hydroxyl groups excluding tert-OH is 2. The van der Waals surface area contributed by atoms with E-state index in [9.17, 15) is 14.7 Å². The molecule has 1 unspecified atom stereocenters. The van der Waals surface area contributed by atoms with Gasteiger partial charge in [0.2, 0.25) is 5.91 Å². The molecule has 1 amide bonds. The molecule has 0 aromatic rings. The molecule has 5 nitrogen and oxygen atoms in total. The second kappa shape index (κ2) is 21.1. The smallest absolute Gasteiger partial charge is 0.220 e. The van der Waals surface area contributed by atoms with Crippen molar-refractivity contribution in [1.29, 1.82) is 0 Å². The van der Waals surface area contributed by atoms with E-state index in [0.717, 1.165) is 19.1 Å². The Bertz CT molecular complexity index is 368. The molecule has 0 heterocycles. The molecule has 28 heavy (non-hydrogen) atoms. The van der Waals surface area contributed by atoms with Crippen LogP contribution in [-0.4, -0.2) is 52.7 Å². The maximum Gasteiger partial charge on any atom is 0.220 e. The van der Waals surface area contributed by atoms with Crippen molar-refractivity contribution in [2.45, 2.75) is 109 Å². The van der Waals surface area contributed by atoms with Crippen LogP contribution in [0.4, 0.5) is 0 Å². The number of carbonyl (C=O) groups excluding carboxylic acids is 2. The fourth-order valence-electron chi connectivity index (χ4n) is 3.08. The van der Waals surface area contributed by atoms with Gasteiger partial charge in [-0.25, -0.2) is 0 Å². The molecule has 0 aromatic heterocycles. The van der Waals surface area contributed by atoms with Gasteiger partial charge in [-0.3, -0.25) is 4.79 Å². The number of unbranched alkanes of at least 4 members (excludes halogenated alkanes) is 12. The van der Waals surface area contributed by atoms with E-state index in [0.29, 0.717) is 17.9 Å². The van der Waals surface area contributed by atoms with E-state index < -0.39 is 12.1 Å². The number of carbonyl (C=O) groups is 2. The molecule has 0 spiro atoms. The Morgan fingerprint density at radius 2 is 1.39 bits per heavy atom. The largest absolute Gasteiger partial charge is 0.394 e. The van der Waals surface area contributed by atoms with Crippen molar-refractivity contribution >= 4 is 24.0 Å². The monoisotopic (exact) mass is 417 g/mol. The summed E-state index contributed by atoms with van der Waals surface area (Å²) in [4.78, 5) is 22.9. The predicted octanol–water partition coefficient (Wildman–Crippen LogP) is 4.24. The number of aldehydes is 1. The molecule has 6 heteroatoms. The molecule has 0 saturated heterocycles. The van der Waals surface area contributed by atoms with Gasteiger partial charge in [-0.05, 0) is 6.42 Å².